The van der Waals surface area contributed by atoms with E-state index in [2.05, 4.69) is 10.6 Å². The number of hydrogen-bond donors (Lipinski definition) is 2. The molecule has 7 heteroatoms. The smallest absolute Gasteiger partial charge is 0.322 e. The molecule has 6 nitrogen and oxygen atoms in total. The number of hydrogen-bond acceptors (Lipinski definition) is 4. The van der Waals surface area contributed by atoms with Gasteiger partial charge in [-0.25, -0.2) is 0 Å². The van der Waals surface area contributed by atoms with Crippen molar-refractivity contribution in [1.29, 1.82) is 0 Å². The molecule has 0 bridgehead atoms. The molecule has 0 aliphatic heterocycles. The molecular formula is C21H31ClN2O4. The van der Waals surface area contributed by atoms with Crippen molar-refractivity contribution in [1.82, 2.24) is 10.6 Å². The topological polar surface area (TPSA) is 84.5 Å². The van der Waals surface area contributed by atoms with Gasteiger partial charge in [-0.2, -0.15) is 0 Å². The van der Waals surface area contributed by atoms with E-state index in [4.69, 9.17) is 16.3 Å². The molecule has 0 saturated carbocycles. The Kier molecular flexibility index (Phi) is 7.29. The van der Waals surface area contributed by atoms with Crippen molar-refractivity contribution >= 4 is 29.4 Å². The van der Waals surface area contributed by atoms with Gasteiger partial charge in [0, 0.05) is 21.7 Å². The summed E-state index contributed by atoms with van der Waals surface area (Å²) < 4.78 is 5.53. The van der Waals surface area contributed by atoms with E-state index in [0.717, 1.165) is 0 Å². The van der Waals surface area contributed by atoms with E-state index in [1.54, 1.807) is 24.3 Å². The predicted molar refractivity (Wildman–Crippen MR) is 110 cm³/mol. The summed E-state index contributed by atoms with van der Waals surface area (Å²) in [5.41, 5.74) is -2.03. The van der Waals surface area contributed by atoms with Crippen molar-refractivity contribution < 1.29 is 19.1 Å². The van der Waals surface area contributed by atoms with Crippen LogP contribution in [0.3, 0.4) is 0 Å². The molecule has 1 unspecified atom stereocenters. The number of amides is 2. The van der Waals surface area contributed by atoms with Crippen molar-refractivity contribution in [3.05, 3.63) is 34.9 Å². The summed E-state index contributed by atoms with van der Waals surface area (Å²) in [6.45, 7) is 13.9. The molecule has 1 aromatic carbocycles. The van der Waals surface area contributed by atoms with Gasteiger partial charge in [-0.1, -0.05) is 23.7 Å². The monoisotopic (exact) mass is 410 g/mol. The Morgan fingerprint density at radius 2 is 1.32 bits per heavy atom. The molecule has 0 heterocycles. The molecule has 2 amide bonds. The van der Waals surface area contributed by atoms with Gasteiger partial charge in [-0.15, -0.1) is 0 Å². The summed E-state index contributed by atoms with van der Waals surface area (Å²) in [6, 6.07) is 6.45. The van der Waals surface area contributed by atoms with Crippen LogP contribution >= 0.6 is 11.6 Å². The lowest BCUT2D eigenvalue weighted by Gasteiger charge is -2.30. The number of halogens is 1. The number of nitrogens with one attached hydrogen (secondary N) is 2. The number of carbonyl (C=O) groups excluding carboxylic acids is 3. The maximum absolute atomic E-state index is 12.8. The summed E-state index contributed by atoms with van der Waals surface area (Å²) in [5.74, 6) is -1.75. The van der Waals surface area contributed by atoms with Crippen molar-refractivity contribution in [3.8, 4) is 0 Å². The van der Waals surface area contributed by atoms with E-state index in [1.807, 2.05) is 41.5 Å². The van der Waals surface area contributed by atoms with Crippen molar-refractivity contribution in [2.45, 2.75) is 72.6 Å². The molecule has 0 aromatic heterocycles. The third-order valence-electron chi connectivity index (χ3n) is 3.70. The maximum atomic E-state index is 12.8. The summed E-state index contributed by atoms with van der Waals surface area (Å²) in [4.78, 5) is 38.2. The summed E-state index contributed by atoms with van der Waals surface area (Å²) >= 11 is 5.92. The van der Waals surface area contributed by atoms with Gasteiger partial charge in [-0.05, 0) is 67.5 Å². The van der Waals surface area contributed by atoms with E-state index in [9.17, 15) is 14.4 Å². The SMILES string of the molecule is CC(C)(C)NC(=O)C(OC(=O)C(C)(C)C(=O)NC(C)(C)C)c1ccc(Cl)cc1. The van der Waals surface area contributed by atoms with Gasteiger partial charge >= 0.3 is 5.97 Å². The lowest BCUT2D eigenvalue weighted by Crippen LogP contribution is -2.51. The molecule has 1 rings (SSSR count). The molecular weight excluding hydrogens is 380 g/mol. The van der Waals surface area contributed by atoms with Crippen molar-refractivity contribution in [2.75, 3.05) is 0 Å². The van der Waals surface area contributed by atoms with Gasteiger partial charge in [0.2, 0.25) is 12.0 Å². The molecule has 2 N–H and O–H groups in total. The second-order valence-corrected chi connectivity index (χ2v) is 9.84. The second-order valence-electron chi connectivity index (χ2n) is 9.41. The fourth-order valence-corrected chi connectivity index (χ4v) is 2.32. The minimum Gasteiger partial charge on any atom is -0.446 e. The summed E-state index contributed by atoms with van der Waals surface area (Å²) in [6.07, 6.45) is -1.20. The van der Waals surface area contributed by atoms with E-state index in [-0.39, 0.29) is 0 Å². The van der Waals surface area contributed by atoms with Crippen LogP contribution in [0.1, 0.15) is 67.1 Å². The van der Waals surface area contributed by atoms with Crippen LogP contribution in [0.2, 0.25) is 5.02 Å². The normalized spacial score (nSPS) is 13.5. The lowest BCUT2D eigenvalue weighted by atomic mass is 9.90. The van der Waals surface area contributed by atoms with Crippen LogP contribution in [0, 0.1) is 5.41 Å². The Bertz CT molecular complexity index is 728. The third-order valence-corrected chi connectivity index (χ3v) is 3.95. The van der Waals surface area contributed by atoms with Gasteiger partial charge in [0.15, 0.2) is 0 Å². The molecule has 0 radical (unpaired) electrons. The number of rotatable bonds is 5. The Balaban J connectivity index is 3.14. The van der Waals surface area contributed by atoms with Gasteiger partial charge in [0.25, 0.3) is 5.91 Å². The minimum atomic E-state index is -1.47. The first-order valence-corrected chi connectivity index (χ1v) is 9.52. The number of ether oxygens (including phenoxy) is 1. The molecule has 0 aliphatic rings. The maximum Gasteiger partial charge on any atom is 0.322 e. The third kappa shape index (κ3) is 7.15. The van der Waals surface area contributed by atoms with Crippen molar-refractivity contribution in [2.24, 2.45) is 5.41 Å². The number of carbonyl (C=O) groups is 3. The Morgan fingerprint density at radius 1 is 0.857 bits per heavy atom. The van der Waals surface area contributed by atoms with Crippen molar-refractivity contribution in [3.63, 3.8) is 0 Å². The van der Waals surface area contributed by atoms with Crippen LogP contribution in [0.4, 0.5) is 0 Å². The standard InChI is InChI=1S/C21H31ClN2O4/c1-19(2,3)23-16(25)15(13-9-11-14(22)12-10-13)28-18(27)21(7,8)17(26)24-20(4,5)6/h9-12,15H,1-8H3,(H,23,25)(H,24,26). The average molecular weight is 411 g/mol. The first-order chi connectivity index (χ1) is 12.5. The first kappa shape index (κ1) is 24.0. The van der Waals surface area contributed by atoms with E-state index < -0.39 is 40.4 Å². The van der Waals surface area contributed by atoms with Gasteiger partial charge in [0.1, 0.15) is 5.41 Å². The van der Waals surface area contributed by atoms with E-state index in [0.29, 0.717) is 10.6 Å². The molecule has 0 saturated heterocycles. The zero-order chi connectivity index (χ0) is 21.9. The quantitative estimate of drug-likeness (QED) is 0.571. The van der Waals surface area contributed by atoms with Crippen LogP contribution < -0.4 is 10.6 Å². The largest absolute Gasteiger partial charge is 0.446 e. The van der Waals surface area contributed by atoms with E-state index >= 15 is 0 Å². The van der Waals surface area contributed by atoms with Crippen LogP contribution in [0.5, 0.6) is 0 Å². The summed E-state index contributed by atoms with van der Waals surface area (Å²) in [5, 5.41) is 6.07. The van der Waals surface area contributed by atoms with Crippen LogP contribution in [-0.4, -0.2) is 28.9 Å². The molecule has 1 atom stereocenters. The highest BCUT2D eigenvalue weighted by Crippen LogP contribution is 2.27. The highest BCUT2D eigenvalue weighted by Gasteiger charge is 2.42. The first-order valence-electron chi connectivity index (χ1n) is 9.14. The molecule has 0 spiro atoms. The highest BCUT2D eigenvalue weighted by atomic mass is 35.5. The fraction of sp³-hybridized carbons (Fsp3) is 0.571. The number of benzene rings is 1. The lowest BCUT2D eigenvalue weighted by molar-refractivity contribution is -0.168. The fourth-order valence-electron chi connectivity index (χ4n) is 2.19. The number of esters is 1. The van der Waals surface area contributed by atoms with Crippen LogP contribution in [0.15, 0.2) is 24.3 Å². The minimum absolute atomic E-state index is 0.464. The van der Waals surface area contributed by atoms with E-state index in [1.165, 1.54) is 13.8 Å². The Labute approximate surface area is 172 Å². The molecule has 0 aliphatic carbocycles. The van der Waals surface area contributed by atoms with Gasteiger partial charge in [-0.3, -0.25) is 14.4 Å². The Hall–Kier alpha value is -2.08. The zero-order valence-electron chi connectivity index (χ0n) is 17.9. The molecule has 28 heavy (non-hydrogen) atoms. The second kappa shape index (κ2) is 8.52. The molecule has 156 valence electrons. The highest BCUT2D eigenvalue weighted by molar-refractivity contribution is 6.30. The van der Waals surface area contributed by atoms with Gasteiger partial charge in [0.05, 0.1) is 0 Å². The summed E-state index contributed by atoms with van der Waals surface area (Å²) in [7, 11) is 0. The van der Waals surface area contributed by atoms with Gasteiger partial charge < -0.3 is 15.4 Å². The van der Waals surface area contributed by atoms with Crippen LogP contribution in [-0.2, 0) is 19.1 Å². The predicted octanol–water partition coefficient (Wildman–Crippen LogP) is 3.78. The zero-order valence-corrected chi connectivity index (χ0v) is 18.7. The molecule has 0 fully saturated rings. The van der Waals surface area contributed by atoms with Crippen LogP contribution in [0.25, 0.3) is 0 Å². The Morgan fingerprint density at radius 3 is 1.75 bits per heavy atom. The molecule has 1 aromatic rings. The average Bonchev–Trinajstić information content (AvgIpc) is 2.49.